The Bertz CT molecular complexity index is 809. The lowest BCUT2D eigenvalue weighted by Crippen LogP contribution is -2.12. The van der Waals surface area contributed by atoms with Gasteiger partial charge in [0.1, 0.15) is 23.7 Å². The fraction of sp³-hybridized carbons (Fsp3) is 0.450. The van der Waals surface area contributed by atoms with Crippen molar-refractivity contribution in [1.82, 2.24) is 0 Å². The number of ether oxygens (including phenoxy) is 3. The van der Waals surface area contributed by atoms with Crippen molar-refractivity contribution in [2.45, 2.75) is 53.1 Å². The summed E-state index contributed by atoms with van der Waals surface area (Å²) in [4.78, 5) is 23.1. The molecule has 1 N–H and O–H groups in total. The Labute approximate surface area is 164 Å². The normalized spacial score (nSPS) is 13.2. The summed E-state index contributed by atoms with van der Waals surface area (Å²) in [5.74, 6) is -0.265. The Morgan fingerprint density at radius 3 is 2.63 bits per heavy atom. The average molecular weight is 392 g/mol. The Kier molecular flexibility index (Phi) is 6.96. The van der Waals surface area contributed by atoms with Crippen LogP contribution in [-0.2, 0) is 22.6 Å². The van der Waals surface area contributed by atoms with E-state index in [9.17, 15) is 9.59 Å². The van der Waals surface area contributed by atoms with Gasteiger partial charge in [0, 0.05) is 24.0 Å². The largest absolute Gasteiger partial charge is 0.496 e. The molecule has 0 spiro atoms. The number of carboxylic acids is 1. The fourth-order valence-electron chi connectivity index (χ4n) is 2.99. The van der Waals surface area contributed by atoms with Crippen LogP contribution < -0.4 is 9.47 Å². The van der Waals surface area contributed by atoms with Gasteiger partial charge in [0.15, 0.2) is 5.05 Å². The number of thiocarbonyl (C=S) groups is 1. The molecule has 6 nitrogen and oxygen atoms in total. The lowest BCUT2D eigenvalue weighted by molar-refractivity contribution is -0.136. The van der Waals surface area contributed by atoms with Crippen molar-refractivity contribution in [2.75, 3.05) is 7.11 Å². The zero-order valence-corrected chi connectivity index (χ0v) is 16.8. The number of hydrogen-bond donors (Lipinski definition) is 1. The lowest BCUT2D eigenvalue weighted by Gasteiger charge is -2.19. The smallest absolute Gasteiger partial charge is 0.342 e. The predicted octanol–water partition coefficient (Wildman–Crippen LogP) is 4.14. The Morgan fingerprint density at radius 1 is 1.33 bits per heavy atom. The first-order chi connectivity index (χ1) is 12.8. The molecule has 1 aromatic rings. The number of rotatable bonds is 8. The lowest BCUT2D eigenvalue weighted by atomic mass is 9.94. The summed E-state index contributed by atoms with van der Waals surface area (Å²) in [7, 11) is 1.57. The standard InChI is InChI=1S/C20H24O6S/c1-5-16(27)26-19-13(8-6-11(2)7-9-15(21)22)18(24-4)12(3)14-10-25-20(23)17(14)19/h6H,5,7-10H2,1-4H3,(H,21,22)/b11-6+. The van der Waals surface area contributed by atoms with Crippen molar-refractivity contribution < 1.29 is 28.9 Å². The third-order valence-corrected chi connectivity index (χ3v) is 4.89. The van der Waals surface area contributed by atoms with Crippen LogP contribution in [0.1, 0.15) is 60.2 Å². The zero-order valence-electron chi connectivity index (χ0n) is 16.0. The molecule has 7 heteroatoms. The third-order valence-electron chi connectivity index (χ3n) is 4.52. The maximum absolute atomic E-state index is 12.3. The molecule has 0 atom stereocenters. The summed E-state index contributed by atoms with van der Waals surface area (Å²) in [6, 6.07) is 0. The van der Waals surface area contributed by atoms with Crippen LogP contribution in [0.15, 0.2) is 11.6 Å². The number of carbonyl (C=O) groups excluding carboxylic acids is 1. The van der Waals surface area contributed by atoms with E-state index in [-0.39, 0.29) is 13.0 Å². The topological polar surface area (TPSA) is 82.1 Å². The maximum Gasteiger partial charge on any atom is 0.342 e. The second kappa shape index (κ2) is 8.99. The number of methoxy groups -OCH3 is 1. The number of allylic oxidation sites excluding steroid dienone is 2. The van der Waals surface area contributed by atoms with Crippen molar-refractivity contribution in [3.8, 4) is 11.5 Å². The van der Waals surface area contributed by atoms with E-state index in [4.69, 9.17) is 31.5 Å². The molecular weight excluding hydrogens is 368 g/mol. The molecule has 27 heavy (non-hydrogen) atoms. The molecule has 0 saturated heterocycles. The second-order valence-electron chi connectivity index (χ2n) is 6.37. The van der Waals surface area contributed by atoms with Crippen molar-refractivity contribution >= 4 is 29.2 Å². The summed E-state index contributed by atoms with van der Waals surface area (Å²) in [5, 5.41) is 9.21. The van der Waals surface area contributed by atoms with Gasteiger partial charge in [-0.15, -0.1) is 0 Å². The Morgan fingerprint density at radius 2 is 2.04 bits per heavy atom. The van der Waals surface area contributed by atoms with Gasteiger partial charge in [-0.1, -0.05) is 18.6 Å². The minimum Gasteiger partial charge on any atom is -0.496 e. The minimum absolute atomic E-state index is 0.0677. The highest BCUT2D eigenvalue weighted by molar-refractivity contribution is 7.80. The van der Waals surface area contributed by atoms with Gasteiger partial charge in [0.05, 0.1) is 7.11 Å². The maximum atomic E-state index is 12.3. The van der Waals surface area contributed by atoms with Crippen molar-refractivity contribution in [3.63, 3.8) is 0 Å². The van der Waals surface area contributed by atoms with Gasteiger partial charge in [-0.25, -0.2) is 4.79 Å². The number of cyclic esters (lactones) is 1. The minimum atomic E-state index is -0.839. The molecule has 0 unspecified atom stereocenters. The van der Waals surface area contributed by atoms with Gasteiger partial charge in [-0.05, 0) is 44.5 Å². The number of esters is 1. The molecule has 0 radical (unpaired) electrons. The number of aliphatic carboxylic acids is 1. The SMILES string of the molecule is CCC(=S)Oc1c(C/C=C(\C)CCC(=O)O)c(OC)c(C)c2c1C(=O)OC2. The van der Waals surface area contributed by atoms with Gasteiger partial charge >= 0.3 is 11.9 Å². The van der Waals surface area contributed by atoms with Crippen LogP contribution >= 0.6 is 12.2 Å². The molecule has 0 aromatic heterocycles. The molecule has 1 aliphatic rings. The van der Waals surface area contributed by atoms with E-state index in [0.29, 0.717) is 46.9 Å². The molecular formula is C20H24O6S. The highest BCUT2D eigenvalue weighted by atomic mass is 32.1. The summed E-state index contributed by atoms with van der Waals surface area (Å²) in [6.07, 6.45) is 3.40. The fourth-order valence-corrected chi connectivity index (χ4v) is 3.07. The average Bonchev–Trinajstić information content (AvgIpc) is 3.02. The Balaban J connectivity index is 2.53. The van der Waals surface area contributed by atoms with Crippen LogP contribution in [0.4, 0.5) is 0 Å². The molecule has 0 amide bonds. The molecule has 0 aliphatic carbocycles. The summed E-state index contributed by atoms with van der Waals surface area (Å²) < 4.78 is 16.7. The van der Waals surface area contributed by atoms with Gasteiger partial charge in [0.2, 0.25) is 0 Å². The van der Waals surface area contributed by atoms with Gasteiger partial charge in [0.25, 0.3) is 0 Å². The second-order valence-corrected chi connectivity index (χ2v) is 6.83. The third kappa shape index (κ3) is 4.66. The summed E-state index contributed by atoms with van der Waals surface area (Å²) in [5.41, 5.74) is 3.62. The number of carboxylic acid groups (broad SMARTS) is 1. The van der Waals surface area contributed by atoms with Gasteiger partial charge in [-0.2, -0.15) is 0 Å². The first kappa shape index (κ1) is 20.9. The summed E-state index contributed by atoms with van der Waals surface area (Å²) in [6.45, 7) is 5.81. The van der Waals surface area contributed by atoms with E-state index >= 15 is 0 Å². The van der Waals surface area contributed by atoms with E-state index < -0.39 is 11.9 Å². The number of benzene rings is 1. The highest BCUT2D eigenvalue weighted by Crippen LogP contribution is 2.43. The van der Waals surface area contributed by atoms with E-state index in [0.717, 1.165) is 16.7 Å². The first-order valence-electron chi connectivity index (χ1n) is 8.77. The zero-order chi connectivity index (χ0) is 20.1. The molecule has 1 aromatic carbocycles. The van der Waals surface area contributed by atoms with Crippen LogP contribution in [0, 0.1) is 6.92 Å². The molecule has 0 bridgehead atoms. The number of hydrogen-bond acceptors (Lipinski definition) is 6. The van der Waals surface area contributed by atoms with E-state index in [1.807, 2.05) is 26.8 Å². The van der Waals surface area contributed by atoms with Crippen molar-refractivity contribution in [3.05, 3.63) is 33.9 Å². The summed E-state index contributed by atoms with van der Waals surface area (Å²) >= 11 is 5.23. The molecule has 1 heterocycles. The van der Waals surface area contributed by atoms with E-state index in [2.05, 4.69) is 0 Å². The number of fused-ring (bicyclic) bond motifs is 1. The van der Waals surface area contributed by atoms with Gasteiger partial charge in [-0.3, -0.25) is 4.79 Å². The van der Waals surface area contributed by atoms with Crippen molar-refractivity contribution in [1.29, 1.82) is 0 Å². The van der Waals surface area contributed by atoms with Crippen LogP contribution in [0.25, 0.3) is 0 Å². The van der Waals surface area contributed by atoms with Crippen LogP contribution in [0.5, 0.6) is 11.5 Å². The predicted molar refractivity (Wildman–Crippen MR) is 105 cm³/mol. The molecule has 2 rings (SSSR count). The molecule has 1 aliphatic heterocycles. The van der Waals surface area contributed by atoms with Crippen LogP contribution in [-0.4, -0.2) is 29.2 Å². The number of carbonyl (C=O) groups is 2. The molecule has 0 fully saturated rings. The van der Waals surface area contributed by atoms with Crippen LogP contribution in [0.3, 0.4) is 0 Å². The van der Waals surface area contributed by atoms with Gasteiger partial charge < -0.3 is 19.3 Å². The van der Waals surface area contributed by atoms with E-state index in [1.54, 1.807) is 7.11 Å². The quantitative estimate of drug-likeness (QED) is 0.404. The van der Waals surface area contributed by atoms with E-state index in [1.165, 1.54) is 0 Å². The molecule has 0 saturated carbocycles. The first-order valence-corrected chi connectivity index (χ1v) is 9.18. The van der Waals surface area contributed by atoms with Crippen LogP contribution in [0.2, 0.25) is 0 Å². The highest BCUT2D eigenvalue weighted by Gasteiger charge is 2.33. The van der Waals surface area contributed by atoms with Crippen molar-refractivity contribution in [2.24, 2.45) is 0 Å². The molecule has 146 valence electrons. The Hall–Kier alpha value is -2.41. The monoisotopic (exact) mass is 392 g/mol.